The average molecular weight is 780 g/mol. The van der Waals surface area contributed by atoms with Crippen LogP contribution >= 0.6 is 11.8 Å². The lowest BCUT2D eigenvalue weighted by Gasteiger charge is -2.40. The summed E-state index contributed by atoms with van der Waals surface area (Å²) in [5, 5.41) is 5.61. The number of hydrogen-bond acceptors (Lipinski definition) is 4. The second-order valence-electron chi connectivity index (χ2n) is 15.8. The van der Waals surface area contributed by atoms with Crippen LogP contribution < -0.4 is 0 Å². The lowest BCUT2D eigenvalue weighted by Crippen LogP contribution is -2.32. The summed E-state index contributed by atoms with van der Waals surface area (Å²) in [5.74, 6) is 0. The van der Waals surface area contributed by atoms with E-state index in [1.165, 1.54) is 53.9 Å². The molecular weight excluding hydrogens is 747 g/mol. The van der Waals surface area contributed by atoms with Gasteiger partial charge in [0.2, 0.25) is 0 Å². The van der Waals surface area contributed by atoms with E-state index in [-0.39, 0.29) is 0 Å². The highest BCUT2D eigenvalue weighted by Crippen LogP contribution is 2.63. The van der Waals surface area contributed by atoms with Crippen molar-refractivity contribution in [3.05, 3.63) is 222 Å². The van der Waals surface area contributed by atoms with E-state index in [2.05, 4.69) is 194 Å². The summed E-state index contributed by atoms with van der Waals surface area (Å²) in [6.45, 7) is 0. The number of aromatic nitrogens is 3. The molecule has 0 bridgehead atoms. The van der Waals surface area contributed by atoms with Gasteiger partial charge in [-0.15, -0.1) is 0 Å². The maximum Gasteiger partial charge on any atom is 0.0972 e. The van der Waals surface area contributed by atoms with Crippen molar-refractivity contribution in [3.8, 4) is 44.9 Å². The zero-order valence-corrected chi connectivity index (χ0v) is 33.1. The third kappa shape index (κ3) is 4.71. The molecule has 0 amide bonds. The van der Waals surface area contributed by atoms with Gasteiger partial charge >= 0.3 is 0 Å². The second kappa shape index (κ2) is 12.8. The van der Waals surface area contributed by atoms with Gasteiger partial charge < -0.3 is 0 Å². The number of pyridine rings is 3. The molecule has 1 aliphatic heterocycles. The van der Waals surface area contributed by atoms with E-state index >= 15 is 0 Å². The van der Waals surface area contributed by atoms with Crippen molar-refractivity contribution in [1.29, 1.82) is 0 Å². The van der Waals surface area contributed by atoms with Crippen LogP contribution in [0.15, 0.2) is 210 Å². The van der Waals surface area contributed by atoms with Gasteiger partial charge in [0.05, 0.1) is 39.0 Å². The Kier molecular flexibility index (Phi) is 7.16. The molecule has 3 aromatic heterocycles. The van der Waals surface area contributed by atoms with E-state index in [1.807, 2.05) is 17.8 Å². The fourth-order valence-electron chi connectivity index (χ4n) is 10.1. The van der Waals surface area contributed by atoms with Gasteiger partial charge in [0.1, 0.15) is 0 Å². The lowest BCUT2D eigenvalue weighted by molar-refractivity contribution is 0.726. The molecule has 1 aliphatic carbocycles. The second-order valence-corrected chi connectivity index (χ2v) is 16.9. The Morgan fingerprint density at radius 3 is 1.63 bits per heavy atom. The molecule has 3 nitrogen and oxygen atoms in total. The largest absolute Gasteiger partial charge is 0.247 e. The van der Waals surface area contributed by atoms with Gasteiger partial charge in [0.25, 0.3) is 0 Å². The molecule has 60 heavy (non-hydrogen) atoms. The van der Waals surface area contributed by atoms with Crippen LogP contribution in [0.25, 0.3) is 88.4 Å². The van der Waals surface area contributed by atoms with Crippen LogP contribution in [0.5, 0.6) is 0 Å². The van der Waals surface area contributed by atoms with Gasteiger partial charge in [-0.2, -0.15) is 0 Å². The van der Waals surface area contributed by atoms with E-state index in [1.54, 1.807) is 0 Å². The minimum absolute atomic E-state index is 0.477. The van der Waals surface area contributed by atoms with Crippen molar-refractivity contribution < 1.29 is 0 Å². The fraction of sp³-hybridized carbons (Fsp3) is 0.0179. The van der Waals surface area contributed by atoms with Gasteiger partial charge in [-0.1, -0.05) is 182 Å². The van der Waals surface area contributed by atoms with Gasteiger partial charge in [0.15, 0.2) is 0 Å². The summed E-state index contributed by atoms with van der Waals surface area (Å²) in [4.78, 5) is 18.6. The summed E-state index contributed by atoms with van der Waals surface area (Å²) in [6.07, 6.45) is 0. The summed E-state index contributed by atoms with van der Waals surface area (Å²) < 4.78 is 0. The third-order valence-electron chi connectivity index (χ3n) is 12.7. The number of rotatable bonds is 3. The Morgan fingerprint density at radius 1 is 0.383 bits per heavy atom. The van der Waals surface area contributed by atoms with Gasteiger partial charge in [-0.25, -0.2) is 15.0 Å². The summed E-state index contributed by atoms with van der Waals surface area (Å²) in [6, 6.07) is 72.4. The molecule has 1 spiro atoms. The molecule has 4 heterocycles. The van der Waals surface area contributed by atoms with Crippen LogP contribution in [-0.2, 0) is 5.41 Å². The number of hydrogen-bond donors (Lipinski definition) is 0. The Hall–Kier alpha value is -7.40. The minimum atomic E-state index is -0.477. The van der Waals surface area contributed by atoms with E-state index in [9.17, 15) is 0 Å². The number of benzene rings is 8. The summed E-state index contributed by atoms with van der Waals surface area (Å²) >= 11 is 1.88. The lowest BCUT2D eigenvalue weighted by atomic mass is 9.67. The fourth-order valence-corrected chi connectivity index (χ4v) is 11.4. The highest BCUT2D eigenvalue weighted by atomic mass is 32.2. The van der Waals surface area contributed by atoms with Crippen LogP contribution in [0.2, 0.25) is 0 Å². The smallest absolute Gasteiger partial charge is 0.0972 e. The monoisotopic (exact) mass is 779 g/mol. The maximum absolute atomic E-state index is 5.56. The van der Waals surface area contributed by atoms with Crippen molar-refractivity contribution >= 4 is 55.2 Å². The first-order chi connectivity index (χ1) is 29.7. The molecule has 0 radical (unpaired) electrons. The molecule has 8 aromatic carbocycles. The number of nitrogens with zero attached hydrogens (tertiary/aromatic N) is 3. The Morgan fingerprint density at radius 2 is 0.950 bits per heavy atom. The van der Waals surface area contributed by atoms with Crippen LogP contribution in [0.4, 0.5) is 0 Å². The molecule has 13 rings (SSSR count). The van der Waals surface area contributed by atoms with Gasteiger partial charge in [0, 0.05) is 48.0 Å². The Balaban J connectivity index is 1.08. The van der Waals surface area contributed by atoms with E-state index in [4.69, 9.17) is 15.0 Å². The molecule has 4 heteroatoms. The van der Waals surface area contributed by atoms with Crippen molar-refractivity contribution in [3.63, 3.8) is 0 Å². The van der Waals surface area contributed by atoms with Crippen molar-refractivity contribution in [2.45, 2.75) is 15.2 Å². The molecule has 11 aromatic rings. The predicted molar refractivity (Wildman–Crippen MR) is 248 cm³/mol. The highest BCUT2D eigenvalue weighted by molar-refractivity contribution is 7.99. The van der Waals surface area contributed by atoms with Crippen molar-refractivity contribution in [2.75, 3.05) is 0 Å². The quantitative estimate of drug-likeness (QED) is 0.167. The standard InChI is InChI=1S/C56H33N3S/c1-3-13-34(14-4-1)47-30-25-36-23-24-37-26-31-48(58-54(37)53(36)57-47)38-27-32-49-42(33-38)41-28-29-46-55(51(41)52(59-49)35-15-5-2-6-16-35)60-50-22-12-11-21-45(50)56(46)43-19-9-7-17-39(43)40-18-8-10-20-44(40)56/h1-33H. The van der Waals surface area contributed by atoms with E-state index in [0.29, 0.717) is 0 Å². The SMILES string of the molecule is c1ccc(-c2ccc3ccc4ccc(-c5ccc6nc(-c7ccccc7)c7c8c(ccc7c6c5)C5(c6ccccc6S8)c6ccccc6-c6ccccc65)nc4c3n2)cc1. The van der Waals surface area contributed by atoms with Crippen LogP contribution in [0.3, 0.4) is 0 Å². The van der Waals surface area contributed by atoms with E-state index in [0.717, 1.165) is 66.5 Å². The topological polar surface area (TPSA) is 38.7 Å². The van der Waals surface area contributed by atoms with Crippen LogP contribution in [0.1, 0.15) is 22.3 Å². The number of fused-ring (bicyclic) bond motifs is 16. The first kappa shape index (κ1) is 33.6. The zero-order valence-electron chi connectivity index (χ0n) is 32.3. The molecule has 278 valence electrons. The Bertz CT molecular complexity index is 3530. The molecule has 0 fully saturated rings. The average Bonchev–Trinajstić information content (AvgIpc) is 3.61. The zero-order chi connectivity index (χ0) is 39.4. The van der Waals surface area contributed by atoms with Crippen LogP contribution in [-0.4, -0.2) is 15.0 Å². The highest BCUT2D eigenvalue weighted by Gasteiger charge is 2.50. The molecule has 0 saturated carbocycles. The third-order valence-corrected chi connectivity index (χ3v) is 13.9. The predicted octanol–water partition coefficient (Wildman–Crippen LogP) is 14.3. The first-order valence-electron chi connectivity index (χ1n) is 20.4. The Labute approximate surface area is 351 Å². The van der Waals surface area contributed by atoms with Crippen LogP contribution in [0, 0.1) is 0 Å². The maximum atomic E-state index is 5.56. The van der Waals surface area contributed by atoms with Gasteiger partial charge in [-0.3, -0.25) is 0 Å². The van der Waals surface area contributed by atoms with Gasteiger partial charge in [-0.05, 0) is 69.1 Å². The van der Waals surface area contributed by atoms with Crippen molar-refractivity contribution in [1.82, 2.24) is 15.0 Å². The molecular formula is C56H33N3S. The summed E-state index contributed by atoms with van der Waals surface area (Å²) in [5.41, 5.74) is 16.3. The van der Waals surface area contributed by atoms with Crippen molar-refractivity contribution in [2.24, 2.45) is 0 Å². The molecule has 0 saturated heterocycles. The first-order valence-corrected chi connectivity index (χ1v) is 21.3. The van der Waals surface area contributed by atoms with E-state index < -0.39 is 5.41 Å². The molecule has 0 N–H and O–H groups in total. The minimum Gasteiger partial charge on any atom is -0.247 e. The molecule has 2 aliphatic rings. The molecule has 0 atom stereocenters. The summed E-state index contributed by atoms with van der Waals surface area (Å²) in [7, 11) is 0. The normalized spacial score (nSPS) is 13.4. The molecule has 0 unspecified atom stereocenters.